The highest BCUT2D eigenvalue weighted by molar-refractivity contribution is 8.15. The minimum Gasteiger partial charge on any atom is -0.494 e. The summed E-state index contributed by atoms with van der Waals surface area (Å²) in [7, 11) is 3.18. The van der Waals surface area contributed by atoms with Crippen molar-refractivity contribution in [2.24, 2.45) is 4.99 Å². The standard InChI is InChI=1S/C22H23N3O5S/c1-4-30-21(28)14-9-11-15(12-10-14)23-20(27)18-13-19(26)25(2)22(31-18)24-16-7-5-6-8-17(16)29-3/h5-12,18H,4,13H2,1-3H3,(H,23,27). The summed E-state index contributed by atoms with van der Waals surface area (Å²) in [5.41, 5.74) is 1.49. The van der Waals surface area contributed by atoms with Crippen molar-refractivity contribution in [3.8, 4) is 5.75 Å². The highest BCUT2D eigenvalue weighted by atomic mass is 32.2. The van der Waals surface area contributed by atoms with Crippen molar-refractivity contribution in [3.63, 3.8) is 0 Å². The van der Waals surface area contributed by atoms with E-state index in [9.17, 15) is 14.4 Å². The molecule has 1 aliphatic rings. The second kappa shape index (κ2) is 10.1. The Hall–Kier alpha value is -3.33. The molecule has 2 amide bonds. The second-order valence-corrected chi connectivity index (χ2v) is 7.79. The van der Waals surface area contributed by atoms with Crippen LogP contribution in [0.15, 0.2) is 53.5 Å². The van der Waals surface area contributed by atoms with Crippen LogP contribution in [0.2, 0.25) is 0 Å². The van der Waals surface area contributed by atoms with Crippen LogP contribution in [0.3, 0.4) is 0 Å². The van der Waals surface area contributed by atoms with Crippen molar-refractivity contribution < 1.29 is 23.9 Å². The summed E-state index contributed by atoms with van der Waals surface area (Å²) in [6, 6.07) is 13.6. The van der Waals surface area contributed by atoms with E-state index in [1.807, 2.05) is 12.1 Å². The molecule has 2 aromatic carbocycles. The Balaban J connectivity index is 1.73. The molecule has 3 rings (SSSR count). The van der Waals surface area contributed by atoms with Crippen molar-refractivity contribution in [1.29, 1.82) is 0 Å². The van der Waals surface area contributed by atoms with Gasteiger partial charge in [-0.1, -0.05) is 23.9 Å². The zero-order valence-electron chi connectivity index (χ0n) is 17.5. The lowest BCUT2D eigenvalue weighted by Crippen LogP contribution is -2.43. The number of thioether (sulfide) groups is 1. The molecule has 1 fully saturated rings. The van der Waals surface area contributed by atoms with Gasteiger partial charge in [-0.15, -0.1) is 0 Å². The van der Waals surface area contributed by atoms with Crippen molar-refractivity contribution in [2.75, 3.05) is 26.1 Å². The van der Waals surface area contributed by atoms with Crippen LogP contribution < -0.4 is 10.1 Å². The molecule has 0 radical (unpaired) electrons. The third kappa shape index (κ3) is 5.43. The van der Waals surface area contributed by atoms with E-state index in [2.05, 4.69) is 10.3 Å². The van der Waals surface area contributed by atoms with E-state index in [-0.39, 0.29) is 24.8 Å². The molecule has 2 aromatic rings. The van der Waals surface area contributed by atoms with Gasteiger partial charge in [-0.2, -0.15) is 0 Å². The first-order valence-electron chi connectivity index (χ1n) is 9.66. The molecular formula is C22H23N3O5S. The molecule has 0 aromatic heterocycles. The van der Waals surface area contributed by atoms with E-state index in [4.69, 9.17) is 9.47 Å². The van der Waals surface area contributed by atoms with E-state index >= 15 is 0 Å². The maximum absolute atomic E-state index is 12.8. The molecular weight excluding hydrogens is 418 g/mol. The van der Waals surface area contributed by atoms with E-state index in [1.165, 1.54) is 16.7 Å². The monoisotopic (exact) mass is 441 g/mol. The number of hydrogen-bond donors (Lipinski definition) is 1. The number of esters is 1. The highest BCUT2D eigenvalue weighted by Gasteiger charge is 2.34. The molecule has 0 bridgehead atoms. The fourth-order valence-electron chi connectivity index (χ4n) is 2.85. The molecule has 1 unspecified atom stereocenters. The summed E-state index contributed by atoms with van der Waals surface area (Å²) in [4.78, 5) is 43.0. The summed E-state index contributed by atoms with van der Waals surface area (Å²) in [5.74, 6) is -0.368. The molecule has 0 spiro atoms. The summed E-state index contributed by atoms with van der Waals surface area (Å²) >= 11 is 1.21. The molecule has 1 atom stereocenters. The smallest absolute Gasteiger partial charge is 0.338 e. The Kier molecular flexibility index (Phi) is 7.30. The Morgan fingerprint density at radius 3 is 2.58 bits per heavy atom. The largest absolute Gasteiger partial charge is 0.494 e. The van der Waals surface area contributed by atoms with Crippen LogP contribution in [-0.2, 0) is 14.3 Å². The van der Waals surface area contributed by atoms with Crippen molar-refractivity contribution in [3.05, 3.63) is 54.1 Å². The predicted octanol–water partition coefficient (Wildman–Crippen LogP) is 3.46. The van der Waals surface area contributed by atoms with E-state index < -0.39 is 11.2 Å². The molecule has 0 aliphatic carbocycles. The van der Waals surface area contributed by atoms with Gasteiger partial charge in [0.2, 0.25) is 11.8 Å². The number of nitrogens with zero attached hydrogens (tertiary/aromatic N) is 2. The van der Waals surface area contributed by atoms with Crippen LogP contribution >= 0.6 is 11.8 Å². The molecule has 162 valence electrons. The molecule has 1 saturated heterocycles. The number of rotatable bonds is 6. The average Bonchev–Trinajstić information content (AvgIpc) is 2.77. The number of aliphatic imine (C=N–C) groups is 1. The van der Waals surface area contributed by atoms with Gasteiger partial charge in [0.1, 0.15) is 16.7 Å². The lowest BCUT2D eigenvalue weighted by molar-refractivity contribution is -0.128. The van der Waals surface area contributed by atoms with E-state index in [0.29, 0.717) is 27.9 Å². The maximum atomic E-state index is 12.8. The fraction of sp³-hybridized carbons (Fsp3) is 0.273. The van der Waals surface area contributed by atoms with Gasteiger partial charge in [0, 0.05) is 19.2 Å². The average molecular weight is 442 g/mol. The van der Waals surface area contributed by atoms with Crippen LogP contribution in [0.4, 0.5) is 11.4 Å². The number of anilines is 1. The number of amides is 2. The minimum atomic E-state index is -0.637. The van der Waals surface area contributed by atoms with Gasteiger partial charge in [0.15, 0.2) is 5.17 Å². The number of para-hydroxylation sites is 2. The normalized spacial score (nSPS) is 17.4. The summed E-state index contributed by atoms with van der Waals surface area (Å²) in [5, 5.41) is 2.57. The third-order valence-corrected chi connectivity index (χ3v) is 5.77. The topological polar surface area (TPSA) is 97.3 Å². The van der Waals surface area contributed by atoms with Gasteiger partial charge in [0.25, 0.3) is 0 Å². The number of nitrogens with one attached hydrogen (secondary N) is 1. The van der Waals surface area contributed by atoms with E-state index in [1.54, 1.807) is 57.5 Å². The zero-order valence-corrected chi connectivity index (χ0v) is 18.3. The summed E-state index contributed by atoms with van der Waals surface area (Å²) < 4.78 is 10.3. The lowest BCUT2D eigenvalue weighted by Gasteiger charge is -2.29. The molecule has 1 aliphatic heterocycles. The quantitative estimate of drug-likeness (QED) is 0.690. The van der Waals surface area contributed by atoms with Gasteiger partial charge >= 0.3 is 5.97 Å². The van der Waals surface area contributed by atoms with Gasteiger partial charge in [-0.3, -0.25) is 14.5 Å². The van der Waals surface area contributed by atoms with Crippen LogP contribution in [0.5, 0.6) is 5.75 Å². The predicted molar refractivity (Wildman–Crippen MR) is 120 cm³/mol. The maximum Gasteiger partial charge on any atom is 0.338 e. The van der Waals surface area contributed by atoms with Gasteiger partial charge < -0.3 is 14.8 Å². The molecule has 9 heteroatoms. The first kappa shape index (κ1) is 22.4. The molecule has 31 heavy (non-hydrogen) atoms. The number of amidine groups is 1. The minimum absolute atomic E-state index is 0.0544. The van der Waals surface area contributed by atoms with Crippen LogP contribution in [-0.4, -0.2) is 53.9 Å². The molecule has 1 N–H and O–H groups in total. The van der Waals surface area contributed by atoms with Crippen LogP contribution in [0.1, 0.15) is 23.7 Å². The van der Waals surface area contributed by atoms with Gasteiger partial charge in [0.05, 0.1) is 19.3 Å². The Morgan fingerprint density at radius 2 is 1.90 bits per heavy atom. The number of carbonyl (C=O) groups is 3. The van der Waals surface area contributed by atoms with Gasteiger partial charge in [-0.25, -0.2) is 9.79 Å². The second-order valence-electron chi connectivity index (χ2n) is 6.62. The molecule has 1 heterocycles. The zero-order chi connectivity index (χ0) is 22.4. The van der Waals surface area contributed by atoms with Crippen LogP contribution in [0, 0.1) is 0 Å². The Labute approximate surface area is 184 Å². The first-order chi connectivity index (χ1) is 14.9. The van der Waals surface area contributed by atoms with Crippen molar-refractivity contribution >= 4 is 46.1 Å². The number of methoxy groups -OCH3 is 1. The first-order valence-corrected chi connectivity index (χ1v) is 10.5. The van der Waals surface area contributed by atoms with E-state index in [0.717, 1.165) is 0 Å². The summed E-state index contributed by atoms with van der Waals surface area (Å²) in [6.45, 7) is 2.02. The van der Waals surface area contributed by atoms with Gasteiger partial charge in [-0.05, 0) is 43.3 Å². The van der Waals surface area contributed by atoms with Crippen molar-refractivity contribution in [2.45, 2.75) is 18.6 Å². The Bertz CT molecular complexity index is 1010. The molecule has 8 nitrogen and oxygen atoms in total. The van der Waals surface area contributed by atoms with Crippen LogP contribution in [0.25, 0.3) is 0 Å². The molecule has 0 saturated carbocycles. The SMILES string of the molecule is CCOC(=O)c1ccc(NC(=O)C2CC(=O)N(C)C(=Nc3ccccc3OC)S2)cc1. The number of ether oxygens (including phenoxy) is 2. The summed E-state index contributed by atoms with van der Waals surface area (Å²) in [6.07, 6.45) is 0.0544. The fourth-order valence-corrected chi connectivity index (χ4v) is 3.91. The number of carbonyl (C=O) groups excluding carboxylic acids is 3. The Morgan fingerprint density at radius 1 is 1.19 bits per heavy atom. The number of hydrogen-bond acceptors (Lipinski definition) is 7. The highest BCUT2D eigenvalue weighted by Crippen LogP contribution is 2.32. The lowest BCUT2D eigenvalue weighted by atomic mass is 10.2. The van der Waals surface area contributed by atoms with Crippen molar-refractivity contribution in [1.82, 2.24) is 4.90 Å². The third-order valence-electron chi connectivity index (χ3n) is 4.53. The number of benzene rings is 2.